The minimum Gasteiger partial charge on any atom is -0.477 e. The number of halogens is 2. The van der Waals surface area contributed by atoms with E-state index in [4.69, 9.17) is 9.47 Å². The standard InChI is InChI=1S/C17H21F2N3O5/c1-15(2,3)27-14(25)21-17(13(23)24)5-11-12(26-17)4-10(6-20-11)7-22-8-16(18,19)9-22/h4,6H,5,7-9H2,1-3H3,(H,21,25)(H,23,24). The Hall–Kier alpha value is -2.49. The van der Waals surface area contributed by atoms with E-state index in [0.29, 0.717) is 11.3 Å². The lowest BCUT2D eigenvalue weighted by Gasteiger charge is -2.38. The molecule has 3 heterocycles. The molecule has 2 aliphatic rings. The number of carbonyl (C=O) groups is 2. The van der Waals surface area contributed by atoms with Crippen molar-refractivity contribution in [1.82, 2.24) is 15.2 Å². The fraction of sp³-hybridized carbons (Fsp3) is 0.588. The van der Waals surface area contributed by atoms with Crippen LogP contribution in [-0.4, -0.2) is 57.4 Å². The lowest BCUT2D eigenvalue weighted by molar-refractivity contribution is -0.156. The lowest BCUT2D eigenvalue weighted by atomic mass is 10.1. The van der Waals surface area contributed by atoms with E-state index in [9.17, 15) is 23.5 Å². The van der Waals surface area contributed by atoms with E-state index in [2.05, 4.69) is 10.3 Å². The zero-order chi connectivity index (χ0) is 20.0. The van der Waals surface area contributed by atoms with E-state index >= 15 is 0 Å². The Morgan fingerprint density at radius 1 is 1.41 bits per heavy atom. The summed E-state index contributed by atoms with van der Waals surface area (Å²) in [7, 11) is 0. The molecule has 1 amide bonds. The van der Waals surface area contributed by atoms with Gasteiger partial charge in [0, 0.05) is 12.7 Å². The van der Waals surface area contributed by atoms with Crippen molar-refractivity contribution in [2.24, 2.45) is 0 Å². The molecule has 8 nitrogen and oxygen atoms in total. The normalized spacial score (nSPS) is 23.7. The molecule has 3 rings (SSSR count). The number of carbonyl (C=O) groups excluding carboxylic acids is 1. The van der Waals surface area contributed by atoms with Crippen LogP contribution in [0.15, 0.2) is 12.3 Å². The second kappa shape index (κ2) is 6.29. The number of rotatable bonds is 4. The van der Waals surface area contributed by atoms with E-state index in [-0.39, 0.29) is 31.8 Å². The molecule has 0 spiro atoms. The number of hydrogen-bond acceptors (Lipinski definition) is 6. The first kappa shape index (κ1) is 19.3. The Morgan fingerprint density at radius 2 is 2.07 bits per heavy atom. The van der Waals surface area contributed by atoms with E-state index in [1.807, 2.05) is 0 Å². The number of fused-ring (bicyclic) bond motifs is 1. The smallest absolute Gasteiger partial charge is 0.411 e. The number of likely N-dealkylation sites (tertiary alicyclic amines) is 1. The number of aliphatic carboxylic acids is 1. The molecule has 1 saturated heterocycles. The van der Waals surface area contributed by atoms with Crippen molar-refractivity contribution in [3.05, 3.63) is 23.5 Å². The molecule has 10 heteroatoms. The van der Waals surface area contributed by atoms with Crippen molar-refractivity contribution in [2.75, 3.05) is 13.1 Å². The molecule has 1 fully saturated rings. The van der Waals surface area contributed by atoms with Crippen LogP contribution in [0, 0.1) is 0 Å². The van der Waals surface area contributed by atoms with Gasteiger partial charge < -0.3 is 14.6 Å². The molecule has 1 atom stereocenters. The quantitative estimate of drug-likeness (QED) is 0.815. The van der Waals surface area contributed by atoms with Crippen LogP contribution in [0.3, 0.4) is 0 Å². The van der Waals surface area contributed by atoms with Crippen LogP contribution in [0.1, 0.15) is 32.0 Å². The van der Waals surface area contributed by atoms with Gasteiger partial charge in [0.2, 0.25) is 0 Å². The lowest BCUT2D eigenvalue weighted by Crippen LogP contribution is -2.59. The Balaban J connectivity index is 1.71. The summed E-state index contributed by atoms with van der Waals surface area (Å²) in [6, 6.07) is 1.56. The van der Waals surface area contributed by atoms with Crippen LogP contribution < -0.4 is 10.1 Å². The number of ether oxygens (including phenoxy) is 2. The molecule has 2 N–H and O–H groups in total. The Kier molecular flexibility index (Phi) is 4.49. The minimum absolute atomic E-state index is 0.182. The maximum atomic E-state index is 12.9. The van der Waals surface area contributed by atoms with Crippen molar-refractivity contribution in [1.29, 1.82) is 0 Å². The molecular formula is C17H21F2N3O5. The predicted octanol–water partition coefficient (Wildman–Crippen LogP) is 1.77. The molecule has 148 valence electrons. The van der Waals surface area contributed by atoms with Crippen LogP contribution in [0.4, 0.5) is 13.6 Å². The van der Waals surface area contributed by atoms with Gasteiger partial charge in [0.25, 0.3) is 11.6 Å². The number of alkyl carbamates (subject to hydrolysis) is 1. The third-order valence-corrected chi connectivity index (χ3v) is 4.05. The molecule has 1 aromatic rings. The van der Waals surface area contributed by atoms with Gasteiger partial charge in [-0.15, -0.1) is 0 Å². The molecule has 0 aromatic carbocycles. The van der Waals surface area contributed by atoms with Crippen molar-refractivity contribution < 1.29 is 33.0 Å². The number of carboxylic acid groups (broad SMARTS) is 1. The zero-order valence-corrected chi connectivity index (χ0v) is 15.2. The maximum Gasteiger partial charge on any atom is 0.411 e. The molecule has 2 aliphatic heterocycles. The number of pyridine rings is 1. The largest absolute Gasteiger partial charge is 0.477 e. The summed E-state index contributed by atoms with van der Waals surface area (Å²) in [5.41, 5.74) is -1.87. The third-order valence-electron chi connectivity index (χ3n) is 4.05. The molecule has 0 aliphatic carbocycles. The number of hydrogen-bond donors (Lipinski definition) is 2. The van der Waals surface area contributed by atoms with E-state index in [1.165, 1.54) is 6.20 Å². The molecule has 1 aromatic heterocycles. The van der Waals surface area contributed by atoms with E-state index in [1.54, 1.807) is 31.7 Å². The van der Waals surface area contributed by atoms with Gasteiger partial charge in [0.1, 0.15) is 11.4 Å². The molecule has 1 unspecified atom stereocenters. The summed E-state index contributed by atoms with van der Waals surface area (Å²) in [6.45, 7) is 4.54. The number of aromatic nitrogens is 1. The second-order valence-corrected chi connectivity index (χ2v) is 7.83. The molecule has 0 radical (unpaired) electrons. The molecule has 0 saturated carbocycles. The predicted molar refractivity (Wildman–Crippen MR) is 88.5 cm³/mol. The van der Waals surface area contributed by atoms with Gasteiger partial charge in [0.05, 0.1) is 25.2 Å². The highest BCUT2D eigenvalue weighted by atomic mass is 19.3. The fourth-order valence-corrected chi connectivity index (χ4v) is 2.97. The summed E-state index contributed by atoms with van der Waals surface area (Å²) in [5.74, 6) is -3.87. The van der Waals surface area contributed by atoms with Gasteiger partial charge >= 0.3 is 12.1 Å². The summed E-state index contributed by atoms with van der Waals surface area (Å²) in [4.78, 5) is 29.5. The minimum atomic E-state index is -2.67. The topological polar surface area (TPSA) is 101 Å². The number of nitrogens with one attached hydrogen (secondary N) is 1. The van der Waals surface area contributed by atoms with Crippen LogP contribution in [-0.2, 0) is 22.5 Å². The Bertz CT molecular complexity index is 772. The monoisotopic (exact) mass is 385 g/mol. The summed E-state index contributed by atoms with van der Waals surface area (Å²) in [5, 5.41) is 11.8. The number of alkyl halides is 2. The first-order valence-corrected chi connectivity index (χ1v) is 8.39. The zero-order valence-electron chi connectivity index (χ0n) is 15.2. The van der Waals surface area contributed by atoms with Crippen molar-refractivity contribution in [2.45, 2.75) is 51.0 Å². The molecule has 27 heavy (non-hydrogen) atoms. The first-order valence-electron chi connectivity index (χ1n) is 8.39. The average Bonchev–Trinajstić information content (AvgIpc) is 2.81. The third kappa shape index (κ3) is 4.26. The van der Waals surface area contributed by atoms with Crippen molar-refractivity contribution in [3.8, 4) is 5.75 Å². The average molecular weight is 385 g/mol. The number of amides is 1. The van der Waals surface area contributed by atoms with Crippen LogP contribution >= 0.6 is 0 Å². The highest BCUT2D eigenvalue weighted by Crippen LogP contribution is 2.35. The summed E-state index contributed by atoms with van der Waals surface area (Å²) >= 11 is 0. The van der Waals surface area contributed by atoms with Gasteiger partial charge in [0.15, 0.2) is 0 Å². The van der Waals surface area contributed by atoms with E-state index in [0.717, 1.165) is 0 Å². The van der Waals surface area contributed by atoms with Gasteiger partial charge in [-0.3, -0.25) is 15.2 Å². The Morgan fingerprint density at radius 3 is 2.63 bits per heavy atom. The first-order chi connectivity index (χ1) is 12.4. The Labute approximate surface area is 154 Å². The van der Waals surface area contributed by atoms with Crippen LogP contribution in [0.5, 0.6) is 5.75 Å². The highest BCUT2D eigenvalue weighted by Gasteiger charge is 2.50. The van der Waals surface area contributed by atoms with Gasteiger partial charge in [-0.1, -0.05) is 0 Å². The number of carboxylic acids is 1. The molecule has 0 bridgehead atoms. The maximum absolute atomic E-state index is 12.9. The van der Waals surface area contributed by atoms with Crippen molar-refractivity contribution >= 4 is 12.1 Å². The SMILES string of the molecule is CC(C)(C)OC(=O)NC1(C(=O)O)Cc2ncc(CN3CC(F)(F)C3)cc2O1. The van der Waals surface area contributed by atoms with Crippen LogP contribution in [0.2, 0.25) is 0 Å². The van der Waals surface area contributed by atoms with E-state index < -0.39 is 29.3 Å². The summed E-state index contributed by atoms with van der Waals surface area (Å²) < 4.78 is 36.5. The van der Waals surface area contributed by atoms with Gasteiger partial charge in [-0.2, -0.15) is 0 Å². The number of nitrogens with zero attached hydrogens (tertiary/aromatic N) is 2. The second-order valence-electron chi connectivity index (χ2n) is 7.83. The summed E-state index contributed by atoms with van der Waals surface area (Å²) in [6.07, 6.45) is 0.379. The van der Waals surface area contributed by atoms with Crippen LogP contribution in [0.25, 0.3) is 0 Å². The molecular weight excluding hydrogens is 364 g/mol. The van der Waals surface area contributed by atoms with Gasteiger partial charge in [-0.05, 0) is 32.4 Å². The van der Waals surface area contributed by atoms with Gasteiger partial charge in [-0.25, -0.2) is 18.4 Å². The fourth-order valence-electron chi connectivity index (χ4n) is 2.97. The van der Waals surface area contributed by atoms with Crippen molar-refractivity contribution in [3.63, 3.8) is 0 Å². The highest BCUT2D eigenvalue weighted by molar-refractivity contribution is 5.84.